The number of nitro groups is 1. The fraction of sp³-hybridized carbons (Fsp3) is 0.200. The Morgan fingerprint density at radius 1 is 1.27 bits per heavy atom. The number of nitrogens with zero attached hydrogens (tertiary/aromatic N) is 2. The Labute approximate surface area is 131 Å². The molecule has 0 atom stereocenters. The van der Waals surface area contributed by atoms with Gasteiger partial charge in [-0.25, -0.2) is 5.43 Å². The van der Waals surface area contributed by atoms with E-state index < -0.39 is 4.92 Å². The first-order valence-electron chi connectivity index (χ1n) is 6.65. The van der Waals surface area contributed by atoms with E-state index in [1.54, 1.807) is 18.2 Å². The minimum absolute atomic E-state index is 0.0389. The van der Waals surface area contributed by atoms with Gasteiger partial charge in [0.05, 0.1) is 16.0 Å². The largest absolute Gasteiger partial charge is 0.324 e. The summed E-state index contributed by atoms with van der Waals surface area (Å²) in [7, 11) is 0. The summed E-state index contributed by atoms with van der Waals surface area (Å²) in [5, 5.41) is 14.4. The number of hydrogen-bond donors (Lipinski definition) is 1. The SMILES string of the molecule is CC(C)c1ccc(C(=O)N/N=C/c2ccc([N+](=O)[O-])s2)cc1. The fourth-order valence-corrected chi connectivity index (χ4v) is 2.44. The van der Waals surface area contributed by atoms with Crippen molar-refractivity contribution < 1.29 is 9.72 Å². The second-order valence-corrected chi connectivity index (χ2v) is 6.00. The molecule has 0 aliphatic carbocycles. The number of thiophene rings is 1. The third-order valence-corrected chi connectivity index (χ3v) is 3.96. The van der Waals surface area contributed by atoms with Crippen LogP contribution in [0, 0.1) is 10.1 Å². The van der Waals surface area contributed by atoms with Gasteiger partial charge in [-0.05, 0) is 29.7 Å². The van der Waals surface area contributed by atoms with Crippen molar-refractivity contribution in [2.24, 2.45) is 5.10 Å². The van der Waals surface area contributed by atoms with Crippen molar-refractivity contribution in [1.82, 2.24) is 5.43 Å². The Morgan fingerprint density at radius 3 is 2.50 bits per heavy atom. The summed E-state index contributed by atoms with van der Waals surface area (Å²) in [5.74, 6) is 0.0855. The number of amides is 1. The molecule has 0 radical (unpaired) electrons. The van der Waals surface area contributed by atoms with E-state index in [-0.39, 0.29) is 10.9 Å². The lowest BCUT2D eigenvalue weighted by Crippen LogP contribution is -2.17. The van der Waals surface area contributed by atoms with E-state index in [0.29, 0.717) is 16.4 Å². The fourth-order valence-electron chi connectivity index (χ4n) is 1.75. The average molecular weight is 317 g/mol. The highest BCUT2D eigenvalue weighted by Crippen LogP contribution is 2.22. The summed E-state index contributed by atoms with van der Waals surface area (Å²) < 4.78 is 0. The van der Waals surface area contributed by atoms with Crippen molar-refractivity contribution in [2.45, 2.75) is 19.8 Å². The molecule has 2 aromatic rings. The molecule has 22 heavy (non-hydrogen) atoms. The van der Waals surface area contributed by atoms with Crippen molar-refractivity contribution in [3.8, 4) is 0 Å². The first-order valence-corrected chi connectivity index (χ1v) is 7.46. The molecule has 1 N–H and O–H groups in total. The molecular formula is C15H15N3O3S. The Bertz CT molecular complexity index is 705. The van der Waals surface area contributed by atoms with Crippen molar-refractivity contribution >= 4 is 28.5 Å². The summed E-state index contributed by atoms with van der Waals surface area (Å²) >= 11 is 0.994. The standard InChI is InChI=1S/C15H15N3O3S/c1-10(2)11-3-5-12(6-4-11)15(19)17-16-9-13-7-8-14(22-13)18(20)21/h3-10H,1-2H3,(H,17,19)/b16-9+. The van der Waals surface area contributed by atoms with Crippen LogP contribution in [0.25, 0.3) is 0 Å². The van der Waals surface area contributed by atoms with Crippen LogP contribution >= 0.6 is 11.3 Å². The minimum atomic E-state index is -0.461. The van der Waals surface area contributed by atoms with E-state index in [1.807, 2.05) is 12.1 Å². The smallest absolute Gasteiger partial charge is 0.267 e. The van der Waals surface area contributed by atoms with Crippen LogP contribution < -0.4 is 5.43 Å². The molecule has 1 aromatic carbocycles. The van der Waals surface area contributed by atoms with Crippen LogP contribution in [0.2, 0.25) is 0 Å². The molecule has 2 rings (SSSR count). The van der Waals surface area contributed by atoms with Crippen LogP contribution in [0.1, 0.15) is 40.6 Å². The summed E-state index contributed by atoms with van der Waals surface area (Å²) in [6.07, 6.45) is 1.39. The van der Waals surface area contributed by atoms with E-state index in [4.69, 9.17) is 0 Å². The number of carbonyl (C=O) groups is 1. The quantitative estimate of drug-likeness (QED) is 0.520. The molecule has 1 heterocycles. The summed E-state index contributed by atoms with van der Waals surface area (Å²) in [5.41, 5.74) is 4.07. The highest BCUT2D eigenvalue weighted by molar-refractivity contribution is 7.16. The van der Waals surface area contributed by atoms with Crippen LogP contribution in [0.15, 0.2) is 41.5 Å². The molecule has 114 valence electrons. The minimum Gasteiger partial charge on any atom is -0.267 e. The van der Waals surface area contributed by atoms with Gasteiger partial charge in [-0.3, -0.25) is 14.9 Å². The third kappa shape index (κ3) is 3.98. The molecule has 1 aromatic heterocycles. The van der Waals surface area contributed by atoms with Gasteiger partial charge in [-0.15, -0.1) is 0 Å². The second kappa shape index (κ2) is 6.95. The molecule has 1 amide bonds. The van der Waals surface area contributed by atoms with E-state index in [2.05, 4.69) is 24.4 Å². The van der Waals surface area contributed by atoms with Crippen molar-refractivity contribution in [3.63, 3.8) is 0 Å². The predicted octanol–water partition coefficient (Wildman–Crippen LogP) is 3.54. The van der Waals surface area contributed by atoms with Gasteiger partial charge < -0.3 is 0 Å². The van der Waals surface area contributed by atoms with Crippen molar-refractivity contribution in [1.29, 1.82) is 0 Å². The van der Waals surface area contributed by atoms with E-state index in [0.717, 1.165) is 16.9 Å². The highest BCUT2D eigenvalue weighted by Gasteiger charge is 2.08. The number of hydrazone groups is 1. The van der Waals surface area contributed by atoms with Crippen LogP contribution in [0.3, 0.4) is 0 Å². The number of hydrogen-bond acceptors (Lipinski definition) is 5. The van der Waals surface area contributed by atoms with Crippen LogP contribution in [-0.4, -0.2) is 17.0 Å². The summed E-state index contributed by atoms with van der Waals surface area (Å²) in [6, 6.07) is 10.3. The van der Waals surface area contributed by atoms with Gasteiger partial charge in [0.15, 0.2) is 0 Å². The normalized spacial score (nSPS) is 11.0. The number of benzene rings is 1. The lowest BCUT2D eigenvalue weighted by molar-refractivity contribution is -0.380. The molecule has 0 spiro atoms. The second-order valence-electron chi connectivity index (χ2n) is 4.91. The van der Waals surface area contributed by atoms with Gasteiger partial charge in [0.25, 0.3) is 5.91 Å². The Balaban J connectivity index is 1.96. The molecule has 6 nitrogen and oxygen atoms in total. The van der Waals surface area contributed by atoms with E-state index in [1.165, 1.54) is 12.3 Å². The lowest BCUT2D eigenvalue weighted by atomic mass is 10.0. The lowest BCUT2D eigenvalue weighted by Gasteiger charge is -2.05. The molecule has 0 bridgehead atoms. The highest BCUT2D eigenvalue weighted by atomic mass is 32.1. The van der Waals surface area contributed by atoms with Gasteiger partial charge in [-0.2, -0.15) is 5.10 Å². The Morgan fingerprint density at radius 2 is 1.95 bits per heavy atom. The maximum Gasteiger partial charge on any atom is 0.324 e. The molecule has 0 aliphatic rings. The summed E-state index contributed by atoms with van der Waals surface area (Å²) in [6.45, 7) is 4.17. The zero-order chi connectivity index (χ0) is 16.1. The topological polar surface area (TPSA) is 84.6 Å². The van der Waals surface area contributed by atoms with Gasteiger partial charge in [0, 0.05) is 11.6 Å². The van der Waals surface area contributed by atoms with Crippen LogP contribution in [0.5, 0.6) is 0 Å². The Hall–Kier alpha value is -2.54. The zero-order valence-corrected chi connectivity index (χ0v) is 13.0. The first-order chi connectivity index (χ1) is 10.5. The van der Waals surface area contributed by atoms with Gasteiger partial charge in [0.1, 0.15) is 0 Å². The van der Waals surface area contributed by atoms with E-state index in [9.17, 15) is 14.9 Å². The molecule has 0 saturated heterocycles. The molecule has 0 fully saturated rings. The van der Waals surface area contributed by atoms with Crippen molar-refractivity contribution in [3.05, 3.63) is 62.5 Å². The first kappa shape index (κ1) is 15.8. The maximum atomic E-state index is 11.9. The van der Waals surface area contributed by atoms with Gasteiger partial charge in [0.2, 0.25) is 0 Å². The predicted molar refractivity (Wildman–Crippen MR) is 86.6 cm³/mol. The molecule has 7 heteroatoms. The van der Waals surface area contributed by atoms with E-state index >= 15 is 0 Å². The monoisotopic (exact) mass is 317 g/mol. The third-order valence-electron chi connectivity index (χ3n) is 2.99. The molecule has 0 unspecified atom stereocenters. The van der Waals surface area contributed by atoms with Gasteiger partial charge >= 0.3 is 5.00 Å². The molecule has 0 aliphatic heterocycles. The number of rotatable bonds is 5. The average Bonchev–Trinajstić information content (AvgIpc) is 2.96. The molecular weight excluding hydrogens is 302 g/mol. The molecule has 0 saturated carbocycles. The number of nitrogens with one attached hydrogen (secondary N) is 1. The van der Waals surface area contributed by atoms with Crippen LogP contribution in [-0.2, 0) is 0 Å². The Kier molecular flexibility index (Phi) is 5.00. The zero-order valence-electron chi connectivity index (χ0n) is 12.1. The maximum absolute atomic E-state index is 11.9. The van der Waals surface area contributed by atoms with Crippen molar-refractivity contribution in [2.75, 3.05) is 0 Å². The number of carbonyl (C=O) groups excluding carboxylic acids is 1. The van der Waals surface area contributed by atoms with Gasteiger partial charge in [-0.1, -0.05) is 37.3 Å². The van der Waals surface area contributed by atoms with Crippen LogP contribution in [0.4, 0.5) is 5.00 Å². The summed E-state index contributed by atoms with van der Waals surface area (Å²) in [4.78, 5) is 22.6.